The minimum atomic E-state index is -0.0204. The molecule has 6 heteroatoms. The number of fused-ring (bicyclic) bond motifs is 1. The van der Waals surface area contributed by atoms with Crippen LogP contribution in [0, 0.1) is 6.92 Å². The second-order valence-electron chi connectivity index (χ2n) is 6.03. The maximum absolute atomic E-state index is 12.7. The Morgan fingerprint density at radius 3 is 2.75 bits per heavy atom. The molecule has 3 aromatic rings. The van der Waals surface area contributed by atoms with E-state index in [1.54, 1.807) is 16.6 Å². The molecule has 1 amide bonds. The zero-order valence-electron chi connectivity index (χ0n) is 13.7. The van der Waals surface area contributed by atoms with Gasteiger partial charge in [0.1, 0.15) is 17.1 Å². The predicted octanol–water partition coefficient (Wildman–Crippen LogP) is 2.58. The lowest BCUT2D eigenvalue weighted by molar-refractivity contribution is 0.0717. The van der Waals surface area contributed by atoms with Gasteiger partial charge in [-0.05, 0) is 25.1 Å². The van der Waals surface area contributed by atoms with Crippen LogP contribution in [0.2, 0.25) is 0 Å². The fourth-order valence-electron chi connectivity index (χ4n) is 3.05. The van der Waals surface area contributed by atoms with Crippen molar-refractivity contribution in [3.05, 3.63) is 59.2 Å². The molecule has 0 spiro atoms. The molecule has 0 unspecified atom stereocenters. The molecule has 0 fully saturated rings. The summed E-state index contributed by atoms with van der Waals surface area (Å²) in [6, 6.07) is 11.6. The Morgan fingerprint density at radius 1 is 1.25 bits per heavy atom. The van der Waals surface area contributed by atoms with E-state index in [-0.39, 0.29) is 5.91 Å². The summed E-state index contributed by atoms with van der Waals surface area (Å²) in [5.41, 5.74) is 3.23. The van der Waals surface area contributed by atoms with Gasteiger partial charge in [-0.15, -0.1) is 0 Å². The molecule has 3 heterocycles. The lowest BCUT2D eigenvalue weighted by Gasteiger charge is -2.25. The van der Waals surface area contributed by atoms with Crippen molar-refractivity contribution < 1.29 is 9.21 Å². The number of benzene rings is 1. The van der Waals surface area contributed by atoms with Gasteiger partial charge in [-0.25, -0.2) is 4.98 Å². The molecular weight excluding hydrogens is 304 g/mol. The average Bonchev–Trinajstić information content (AvgIpc) is 3.17. The van der Waals surface area contributed by atoms with E-state index in [4.69, 9.17) is 4.42 Å². The van der Waals surface area contributed by atoms with Crippen LogP contribution in [0.1, 0.15) is 27.6 Å². The SMILES string of the molecule is Cc1cc(C(=O)N2CCc3oc(-c4ccccc4)nc3C2)n(C)n1. The van der Waals surface area contributed by atoms with Gasteiger partial charge < -0.3 is 9.32 Å². The van der Waals surface area contributed by atoms with Crippen LogP contribution < -0.4 is 0 Å². The van der Waals surface area contributed by atoms with Crippen molar-refractivity contribution >= 4 is 5.91 Å². The van der Waals surface area contributed by atoms with Crippen LogP contribution in [-0.2, 0) is 20.0 Å². The number of carbonyl (C=O) groups is 1. The van der Waals surface area contributed by atoms with Crippen LogP contribution in [0.25, 0.3) is 11.5 Å². The number of carbonyl (C=O) groups excluding carboxylic acids is 1. The van der Waals surface area contributed by atoms with E-state index in [9.17, 15) is 4.79 Å². The summed E-state index contributed by atoms with van der Waals surface area (Å²) in [5, 5.41) is 4.25. The summed E-state index contributed by atoms with van der Waals surface area (Å²) < 4.78 is 7.52. The van der Waals surface area contributed by atoms with Crippen molar-refractivity contribution in [3.63, 3.8) is 0 Å². The third-order valence-electron chi connectivity index (χ3n) is 4.26. The molecule has 1 aromatic carbocycles. The molecule has 0 bridgehead atoms. The highest BCUT2D eigenvalue weighted by molar-refractivity contribution is 5.92. The number of hydrogen-bond donors (Lipinski definition) is 0. The summed E-state index contributed by atoms with van der Waals surface area (Å²) in [6.45, 7) is 2.98. The molecule has 0 saturated carbocycles. The second kappa shape index (κ2) is 5.63. The van der Waals surface area contributed by atoms with Crippen LogP contribution >= 0.6 is 0 Å². The van der Waals surface area contributed by atoms with E-state index < -0.39 is 0 Å². The minimum Gasteiger partial charge on any atom is -0.441 e. The highest BCUT2D eigenvalue weighted by Gasteiger charge is 2.27. The van der Waals surface area contributed by atoms with Gasteiger partial charge in [0, 0.05) is 25.6 Å². The highest BCUT2D eigenvalue weighted by atomic mass is 16.4. The third-order valence-corrected chi connectivity index (χ3v) is 4.26. The molecule has 0 aliphatic carbocycles. The molecule has 0 N–H and O–H groups in total. The molecule has 0 atom stereocenters. The van der Waals surface area contributed by atoms with Crippen LogP contribution in [-0.4, -0.2) is 32.1 Å². The van der Waals surface area contributed by atoms with Crippen molar-refractivity contribution in [3.8, 4) is 11.5 Å². The summed E-state index contributed by atoms with van der Waals surface area (Å²) in [7, 11) is 1.79. The van der Waals surface area contributed by atoms with Gasteiger partial charge >= 0.3 is 0 Å². The molecule has 0 saturated heterocycles. The first-order valence-corrected chi connectivity index (χ1v) is 7.96. The molecule has 0 radical (unpaired) electrons. The Hall–Kier alpha value is -2.89. The van der Waals surface area contributed by atoms with Gasteiger partial charge in [0.2, 0.25) is 5.89 Å². The quantitative estimate of drug-likeness (QED) is 0.727. The maximum atomic E-state index is 12.7. The van der Waals surface area contributed by atoms with E-state index in [1.807, 2.05) is 43.3 Å². The van der Waals surface area contributed by atoms with Crippen molar-refractivity contribution in [2.75, 3.05) is 6.54 Å². The van der Waals surface area contributed by atoms with E-state index in [0.29, 0.717) is 31.1 Å². The number of aryl methyl sites for hydroxylation is 2. The van der Waals surface area contributed by atoms with Crippen LogP contribution in [0.3, 0.4) is 0 Å². The number of rotatable bonds is 2. The first-order valence-electron chi connectivity index (χ1n) is 7.96. The van der Waals surface area contributed by atoms with E-state index in [0.717, 1.165) is 22.7 Å². The van der Waals surface area contributed by atoms with Gasteiger partial charge in [-0.1, -0.05) is 18.2 Å². The van der Waals surface area contributed by atoms with Crippen LogP contribution in [0.5, 0.6) is 0 Å². The second-order valence-corrected chi connectivity index (χ2v) is 6.03. The number of amides is 1. The lowest BCUT2D eigenvalue weighted by Crippen LogP contribution is -2.36. The van der Waals surface area contributed by atoms with E-state index in [2.05, 4.69) is 10.1 Å². The Kier molecular flexibility index (Phi) is 3.45. The van der Waals surface area contributed by atoms with Crippen molar-refractivity contribution in [1.82, 2.24) is 19.7 Å². The Bertz CT molecular complexity index is 895. The van der Waals surface area contributed by atoms with Gasteiger partial charge in [-0.3, -0.25) is 9.48 Å². The summed E-state index contributed by atoms with van der Waals surface area (Å²) in [6.07, 6.45) is 0.678. The zero-order valence-corrected chi connectivity index (χ0v) is 13.7. The van der Waals surface area contributed by atoms with Gasteiger partial charge in [-0.2, -0.15) is 5.10 Å². The number of nitrogens with zero attached hydrogens (tertiary/aromatic N) is 4. The standard InChI is InChI=1S/C18H18N4O2/c1-12-10-15(21(2)20-12)18(23)22-9-8-16-14(11-22)19-17(24-16)13-6-4-3-5-7-13/h3-7,10H,8-9,11H2,1-2H3. The highest BCUT2D eigenvalue weighted by Crippen LogP contribution is 2.26. The van der Waals surface area contributed by atoms with Crippen molar-refractivity contribution in [1.29, 1.82) is 0 Å². The number of hydrogen-bond acceptors (Lipinski definition) is 4. The molecule has 2 aromatic heterocycles. The number of aromatic nitrogens is 3. The minimum absolute atomic E-state index is 0.0204. The average molecular weight is 322 g/mol. The molecule has 122 valence electrons. The van der Waals surface area contributed by atoms with Crippen LogP contribution in [0.4, 0.5) is 0 Å². The van der Waals surface area contributed by atoms with Gasteiger partial charge in [0.15, 0.2) is 0 Å². The fourth-order valence-corrected chi connectivity index (χ4v) is 3.05. The Morgan fingerprint density at radius 2 is 2.04 bits per heavy atom. The van der Waals surface area contributed by atoms with Crippen LogP contribution in [0.15, 0.2) is 40.8 Å². The lowest BCUT2D eigenvalue weighted by atomic mass is 10.1. The van der Waals surface area contributed by atoms with Crippen molar-refractivity contribution in [2.24, 2.45) is 7.05 Å². The molecule has 24 heavy (non-hydrogen) atoms. The Balaban J connectivity index is 1.59. The molecular formula is C18H18N4O2. The van der Waals surface area contributed by atoms with E-state index in [1.165, 1.54) is 0 Å². The largest absolute Gasteiger partial charge is 0.441 e. The Labute approximate surface area is 139 Å². The number of oxazole rings is 1. The molecule has 1 aliphatic heterocycles. The summed E-state index contributed by atoms with van der Waals surface area (Å²) in [5.74, 6) is 1.47. The summed E-state index contributed by atoms with van der Waals surface area (Å²) >= 11 is 0. The first kappa shape index (κ1) is 14.7. The fraction of sp³-hybridized carbons (Fsp3) is 0.278. The van der Waals surface area contributed by atoms with E-state index >= 15 is 0 Å². The van der Waals surface area contributed by atoms with Crippen molar-refractivity contribution in [2.45, 2.75) is 19.9 Å². The third kappa shape index (κ3) is 2.50. The van der Waals surface area contributed by atoms with Gasteiger partial charge in [0.05, 0.1) is 12.2 Å². The molecule has 6 nitrogen and oxygen atoms in total. The topological polar surface area (TPSA) is 64.2 Å². The normalized spacial score (nSPS) is 13.8. The molecule has 1 aliphatic rings. The molecule has 4 rings (SSSR count). The maximum Gasteiger partial charge on any atom is 0.272 e. The first-order chi connectivity index (χ1) is 11.6. The summed E-state index contributed by atoms with van der Waals surface area (Å²) in [4.78, 5) is 19.1. The predicted molar refractivity (Wildman–Crippen MR) is 88.3 cm³/mol. The smallest absolute Gasteiger partial charge is 0.272 e. The monoisotopic (exact) mass is 322 g/mol. The van der Waals surface area contributed by atoms with Gasteiger partial charge in [0.25, 0.3) is 5.91 Å². The zero-order chi connectivity index (χ0) is 16.7.